The van der Waals surface area contributed by atoms with Crippen molar-refractivity contribution in [3.63, 3.8) is 0 Å². The first kappa shape index (κ1) is 12.8. The Balaban J connectivity index is 2.80. The van der Waals surface area contributed by atoms with Gasteiger partial charge in [-0.1, -0.05) is 15.9 Å². The highest BCUT2D eigenvalue weighted by molar-refractivity contribution is 9.11. The van der Waals surface area contributed by atoms with E-state index in [0.717, 1.165) is 4.47 Å². The van der Waals surface area contributed by atoms with Crippen LogP contribution in [0.4, 0.5) is 0 Å². The number of rotatable bonds is 1. The smallest absolute Gasteiger partial charge is 0.273 e. The molecule has 0 aliphatic rings. The molecule has 2 rings (SSSR count). The molecule has 0 amide bonds. The van der Waals surface area contributed by atoms with E-state index in [1.807, 2.05) is 0 Å². The van der Waals surface area contributed by atoms with Gasteiger partial charge >= 0.3 is 5.69 Å². The molecule has 0 spiro atoms. The molecule has 90 valence electrons. The number of nitriles is 1. The maximum absolute atomic E-state index is 11.7. The number of hydrogen-bond donors (Lipinski definition) is 1. The second kappa shape index (κ2) is 4.92. The number of aromatic nitrogens is 2. The Bertz CT molecular complexity index is 771. The molecule has 0 bridgehead atoms. The van der Waals surface area contributed by atoms with Gasteiger partial charge in [0.25, 0.3) is 5.56 Å². The van der Waals surface area contributed by atoms with Crippen LogP contribution in [-0.2, 0) is 0 Å². The predicted molar refractivity (Wildman–Crippen MR) is 72.8 cm³/mol. The van der Waals surface area contributed by atoms with Crippen LogP contribution in [0.25, 0.3) is 5.69 Å². The summed E-state index contributed by atoms with van der Waals surface area (Å²) in [5.74, 6) is 0. The van der Waals surface area contributed by atoms with E-state index in [1.54, 1.807) is 24.3 Å². The number of nitrogens with zero attached hydrogens (tertiary/aromatic N) is 2. The Morgan fingerprint density at radius 2 is 2.00 bits per heavy atom. The molecule has 5 nitrogen and oxygen atoms in total. The predicted octanol–water partition coefficient (Wildman–Crippen LogP) is 1.92. The minimum atomic E-state index is -0.690. The summed E-state index contributed by atoms with van der Waals surface area (Å²) in [6, 6.07) is 6.99. The quantitative estimate of drug-likeness (QED) is 0.832. The molecular formula is C11H5Br2N3O2. The fourth-order valence-electron chi connectivity index (χ4n) is 1.40. The van der Waals surface area contributed by atoms with Crippen LogP contribution >= 0.6 is 31.9 Å². The molecule has 0 aliphatic carbocycles. The molecule has 18 heavy (non-hydrogen) atoms. The molecule has 0 saturated heterocycles. The number of aromatic amines is 1. The van der Waals surface area contributed by atoms with Crippen LogP contribution < -0.4 is 11.2 Å². The molecule has 1 aromatic carbocycles. The third-order valence-electron chi connectivity index (χ3n) is 2.23. The van der Waals surface area contributed by atoms with Crippen LogP contribution in [0.5, 0.6) is 0 Å². The summed E-state index contributed by atoms with van der Waals surface area (Å²) in [6.07, 6.45) is 1.22. The summed E-state index contributed by atoms with van der Waals surface area (Å²) in [6.45, 7) is 0. The van der Waals surface area contributed by atoms with Crippen LogP contribution in [-0.4, -0.2) is 9.55 Å². The summed E-state index contributed by atoms with van der Waals surface area (Å²) in [5.41, 5.74) is -0.883. The molecule has 1 aromatic heterocycles. The molecule has 1 N–H and O–H groups in total. The van der Waals surface area contributed by atoms with Crippen molar-refractivity contribution in [2.45, 2.75) is 0 Å². The van der Waals surface area contributed by atoms with Gasteiger partial charge in [0.15, 0.2) is 0 Å². The molecule has 0 saturated carbocycles. The van der Waals surface area contributed by atoms with Gasteiger partial charge in [-0.05, 0) is 34.1 Å². The topological polar surface area (TPSA) is 78.7 Å². The van der Waals surface area contributed by atoms with Gasteiger partial charge in [-0.25, -0.2) is 4.79 Å². The van der Waals surface area contributed by atoms with E-state index >= 15 is 0 Å². The minimum Gasteiger partial charge on any atom is -0.273 e. The Morgan fingerprint density at radius 3 is 2.67 bits per heavy atom. The van der Waals surface area contributed by atoms with Gasteiger partial charge < -0.3 is 0 Å². The molecule has 7 heteroatoms. The van der Waals surface area contributed by atoms with Crippen molar-refractivity contribution in [2.75, 3.05) is 0 Å². The molecule has 2 aromatic rings. The summed E-state index contributed by atoms with van der Waals surface area (Å²) in [4.78, 5) is 25.1. The van der Waals surface area contributed by atoms with Gasteiger partial charge in [0.1, 0.15) is 11.6 Å². The zero-order valence-electron chi connectivity index (χ0n) is 8.78. The van der Waals surface area contributed by atoms with Gasteiger partial charge in [-0.2, -0.15) is 5.26 Å². The van der Waals surface area contributed by atoms with Gasteiger partial charge in [0.05, 0.1) is 5.69 Å². The van der Waals surface area contributed by atoms with Gasteiger partial charge in [-0.3, -0.25) is 14.3 Å². The molecule has 0 fully saturated rings. The van der Waals surface area contributed by atoms with Gasteiger partial charge in [0.2, 0.25) is 0 Å². The third kappa shape index (κ3) is 2.30. The van der Waals surface area contributed by atoms with E-state index in [2.05, 4.69) is 36.8 Å². The zero-order chi connectivity index (χ0) is 13.3. The second-order valence-electron chi connectivity index (χ2n) is 3.38. The molecule has 0 aliphatic heterocycles. The number of hydrogen-bond acceptors (Lipinski definition) is 3. The zero-order valence-corrected chi connectivity index (χ0v) is 11.9. The highest BCUT2D eigenvalue weighted by atomic mass is 79.9. The average Bonchev–Trinajstić information content (AvgIpc) is 2.33. The lowest BCUT2D eigenvalue weighted by Crippen LogP contribution is -2.30. The van der Waals surface area contributed by atoms with Crippen molar-refractivity contribution < 1.29 is 0 Å². The highest BCUT2D eigenvalue weighted by Gasteiger charge is 2.09. The standard InChI is InChI=1S/C11H5Br2N3O2/c12-7-1-2-8(13)9(3-7)16-5-6(4-14)10(17)15-11(16)18/h1-3,5H,(H,15,17,18). The van der Waals surface area contributed by atoms with Crippen LogP contribution in [0.1, 0.15) is 5.56 Å². The van der Waals surface area contributed by atoms with Crippen LogP contribution in [0.15, 0.2) is 42.9 Å². The Hall–Kier alpha value is -1.65. The fourth-order valence-corrected chi connectivity index (χ4v) is 2.19. The van der Waals surface area contributed by atoms with E-state index in [9.17, 15) is 9.59 Å². The Morgan fingerprint density at radius 1 is 1.28 bits per heavy atom. The SMILES string of the molecule is N#Cc1cn(-c2cc(Br)ccc2Br)c(=O)[nH]c1=O. The fraction of sp³-hybridized carbons (Fsp3) is 0. The number of halogens is 2. The van der Waals surface area contributed by atoms with E-state index in [1.165, 1.54) is 10.8 Å². The average molecular weight is 371 g/mol. The Labute approximate surface area is 118 Å². The van der Waals surface area contributed by atoms with Crippen molar-refractivity contribution in [2.24, 2.45) is 0 Å². The largest absolute Gasteiger partial charge is 0.333 e. The van der Waals surface area contributed by atoms with Crippen LogP contribution in [0.2, 0.25) is 0 Å². The van der Waals surface area contributed by atoms with Crippen molar-refractivity contribution in [1.29, 1.82) is 5.26 Å². The van der Waals surface area contributed by atoms with E-state index < -0.39 is 11.2 Å². The number of benzene rings is 1. The summed E-state index contributed by atoms with van der Waals surface area (Å²) in [7, 11) is 0. The van der Waals surface area contributed by atoms with Gasteiger partial charge in [0, 0.05) is 15.1 Å². The first-order valence-corrected chi connectivity index (χ1v) is 6.33. The monoisotopic (exact) mass is 369 g/mol. The lowest BCUT2D eigenvalue weighted by Gasteiger charge is -2.08. The first-order chi connectivity index (χ1) is 8.52. The minimum absolute atomic E-state index is 0.124. The number of H-pyrrole nitrogens is 1. The summed E-state index contributed by atoms with van der Waals surface area (Å²) >= 11 is 6.61. The molecule has 0 atom stereocenters. The molecule has 1 heterocycles. The molecule has 0 unspecified atom stereocenters. The summed E-state index contributed by atoms with van der Waals surface area (Å²) in [5, 5.41) is 8.80. The van der Waals surface area contributed by atoms with E-state index in [0.29, 0.717) is 10.2 Å². The normalized spacial score (nSPS) is 10.1. The van der Waals surface area contributed by atoms with Gasteiger partial charge in [-0.15, -0.1) is 0 Å². The lowest BCUT2D eigenvalue weighted by molar-refractivity contribution is 0.885. The molecular weight excluding hydrogens is 366 g/mol. The first-order valence-electron chi connectivity index (χ1n) is 4.74. The maximum atomic E-state index is 11.7. The molecule has 0 radical (unpaired) electrons. The Kier molecular flexibility index (Phi) is 3.50. The third-order valence-corrected chi connectivity index (χ3v) is 3.39. The highest BCUT2D eigenvalue weighted by Crippen LogP contribution is 2.23. The van der Waals surface area contributed by atoms with Crippen molar-refractivity contribution in [3.05, 3.63) is 59.7 Å². The van der Waals surface area contributed by atoms with Crippen LogP contribution in [0, 0.1) is 11.3 Å². The van der Waals surface area contributed by atoms with Crippen molar-refractivity contribution in [1.82, 2.24) is 9.55 Å². The second-order valence-corrected chi connectivity index (χ2v) is 5.15. The van der Waals surface area contributed by atoms with E-state index in [-0.39, 0.29) is 5.56 Å². The summed E-state index contributed by atoms with van der Waals surface area (Å²) < 4.78 is 2.65. The lowest BCUT2D eigenvalue weighted by atomic mass is 10.3. The van der Waals surface area contributed by atoms with Crippen molar-refractivity contribution >= 4 is 31.9 Å². The maximum Gasteiger partial charge on any atom is 0.333 e. The van der Waals surface area contributed by atoms with E-state index in [4.69, 9.17) is 5.26 Å². The number of nitrogens with one attached hydrogen (secondary N) is 1. The van der Waals surface area contributed by atoms with Crippen molar-refractivity contribution in [3.8, 4) is 11.8 Å². The van der Waals surface area contributed by atoms with Crippen LogP contribution in [0.3, 0.4) is 0 Å².